The monoisotopic (exact) mass is 296 g/mol. The lowest BCUT2D eigenvalue weighted by Gasteiger charge is -2.23. The molecule has 0 amide bonds. The van der Waals surface area contributed by atoms with Crippen molar-refractivity contribution in [2.24, 2.45) is 0 Å². The summed E-state index contributed by atoms with van der Waals surface area (Å²) < 4.78 is 10.9. The quantitative estimate of drug-likeness (QED) is 0.829. The molecule has 0 aliphatic heterocycles. The highest BCUT2D eigenvalue weighted by Gasteiger charge is 2.32. The Bertz CT molecular complexity index is 664. The first-order valence-corrected chi connectivity index (χ1v) is 7.43. The van der Waals surface area contributed by atoms with Gasteiger partial charge in [-0.05, 0) is 34.9 Å². The lowest BCUT2D eigenvalue weighted by Crippen LogP contribution is -2.23. The SMILES string of the molecule is COc1ccc2c(c1)C(O)(CCOCc1ccccc1)C=C2. The number of hydrogen-bond donors (Lipinski definition) is 1. The molecule has 1 atom stereocenters. The molecular weight excluding hydrogens is 276 g/mol. The lowest BCUT2D eigenvalue weighted by molar-refractivity contribution is 0.0302. The number of ether oxygens (including phenoxy) is 2. The number of fused-ring (bicyclic) bond motifs is 1. The van der Waals surface area contributed by atoms with Crippen LogP contribution in [0.4, 0.5) is 0 Å². The maximum Gasteiger partial charge on any atom is 0.119 e. The van der Waals surface area contributed by atoms with Gasteiger partial charge in [0, 0.05) is 6.42 Å². The van der Waals surface area contributed by atoms with Gasteiger partial charge in [-0.15, -0.1) is 0 Å². The van der Waals surface area contributed by atoms with Gasteiger partial charge < -0.3 is 14.6 Å². The molecular formula is C19H20O3. The number of benzene rings is 2. The third-order valence-electron chi connectivity index (χ3n) is 4.00. The van der Waals surface area contributed by atoms with Gasteiger partial charge in [0.25, 0.3) is 0 Å². The molecule has 2 aromatic carbocycles. The zero-order valence-corrected chi connectivity index (χ0v) is 12.7. The molecule has 0 fully saturated rings. The van der Waals surface area contributed by atoms with Crippen molar-refractivity contribution in [3.63, 3.8) is 0 Å². The van der Waals surface area contributed by atoms with E-state index in [1.165, 1.54) is 0 Å². The third kappa shape index (κ3) is 3.06. The largest absolute Gasteiger partial charge is 0.497 e. The van der Waals surface area contributed by atoms with Crippen LogP contribution in [0.25, 0.3) is 6.08 Å². The molecule has 1 aliphatic rings. The van der Waals surface area contributed by atoms with Gasteiger partial charge >= 0.3 is 0 Å². The second-order valence-electron chi connectivity index (χ2n) is 5.50. The minimum atomic E-state index is -0.972. The summed E-state index contributed by atoms with van der Waals surface area (Å²) in [5.74, 6) is 0.756. The van der Waals surface area contributed by atoms with E-state index in [-0.39, 0.29) is 0 Å². The summed E-state index contributed by atoms with van der Waals surface area (Å²) in [6.45, 7) is 1.05. The van der Waals surface area contributed by atoms with Crippen molar-refractivity contribution < 1.29 is 14.6 Å². The summed E-state index contributed by atoms with van der Waals surface area (Å²) in [4.78, 5) is 0. The van der Waals surface area contributed by atoms with Crippen LogP contribution < -0.4 is 4.74 Å². The van der Waals surface area contributed by atoms with Crippen LogP contribution >= 0.6 is 0 Å². The minimum Gasteiger partial charge on any atom is -0.497 e. The predicted octanol–water partition coefficient (Wildman–Crippen LogP) is 3.52. The van der Waals surface area contributed by atoms with E-state index in [0.717, 1.165) is 22.4 Å². The van der Waals surface area contributed by atoms with Crippen LogP contribution in [-0.4, -0.2) is 18.8 Å². The Kier molecular flexibility index (Phi) is 4.27. The van der Waals surface area contributed by atoms with Crippen LogP contribution in [0.5, 0.6) is 5.75 Å². The van der Waals surface area contributed by atoms with Gasteiger partial charge in [-0.2, -0.15) is 0 Å². The standard InChI is InChI=1S/C19H20O3/c1-21-17-8-7-16-9-10-19(20,18(16)13-17)11-12-22-14-15-5-3-2-4-6-15/h2-10,13,20H,11-12,14H2,1H3. The van der Waals surface area contributed by atoms with Gasteiger partial charge in [-0.1, -0.05) is 42.5 Å². The van der Waals surface area contributed by atoms with Crippen LogP contribution in [-0.2, 0) is 16.9 Å². The molecule has 3 nitrogen and oxygen atoms in total. The van der Waals surface area contributed by atoms with Gasteiger partial charge in [0.05, 0.1) is 20.3 Å². The van der Waals surface area contributed by atoms with Gasteiger partial charge in [0.1, 0.15) is 11.4 Å². The van der Waals surface area contributed by atoms with E-state index in [0.29, 0.717) is 19.6 Å². The highest BCUT2D eigenvalue weighted by atomic mass is 16.5. The molecule has 3 rings (SSSR count). The smallest absolute Gasteiger partial charge is 0.119 e. The van der Waals surface area contributed by atoms with E-state index < -0.39 is 5.60 Å². The summed E-state index contributed by atoms with van der Waals surface area (Å²) in [7, 11) is 1.63. The summed E-state index contributed by atoms with van der Waals surface area (Å²) in [6, 6.07) is 15.8. The highest BCUT2D eigenvalue weighted by molar-refractivity contribution is 5.65. The van der Waals surface area contributed by atoms with Gasteiger partial charge in [-0.25, -0.2) is 0 Å². The average molecular weight is 296 g/mol. The summed E-state index contributed by atoms with van der Waals surface area (Å²) in [5.41, 5.74) is 2.08. The fourth-order valence-electron chi connectivity index (χ4n) is 2.71. The summed E-state index contributed by atoms with van der Waals surface area (Å²) in [5, 5.41) is 10.8. The van der Waals surface area contributed by atoms with Crippen molar-refractivity contribution in [2.45, 2.75) is 18.6 Å². The Morgan fingerprint density at radius 1 is 1.09 bits per heavy atom. The zero-order chi connectivity index (χ0) is 15.4. The number of rotatable bonds is 6. The second-order valence-corrected chi connectivity index (χ2v) is 5.50. The molecule has 0 saturated carbocycles. The maximum atomic E-state index is 10.8. The zero-order valence-electron chi connectivity index (χ0n) is 12.7. The first kappa shape index (κ1) is 14.8. The highest BCUT2D eigenvalue weighted by Crippen LogP contribution is 2.38. The van der Waals surface area contributed by atoms with Crippen molar-refractivity contribution in [1.29, 1.82) is 0 Å². The van der Waals surface area contributed by atoms with Crippen LogP contribution in [0.15, 0.2) is 54.6 Å². The van der Waals surface area contributed by atoms with Crippen LogP contribution in [0.2, 0.25) is 0 Å². The van der Waals surface area contributed by atoms with E-state index >= 15 is 0 Å². The molecule has 114 valence electrons. The number of hydrogen-bond acceptors (Lipinski definition) is 3. The van der Waals surface area contributed by atoms with E-state index in [2.05, 4.69) is 0 Å². The molecule has 2 aromatic rings. The van der Waals surface area contributed by atoms with Crippen molar-refractivity contribution in [3.8, 4) is 5.75 Å². The molecule has 0 saturated heterocycles. The summed E-state index contributed by atoms with van der Waals surface area (Å²) >= 11 is 0. The van der Waals surface area contributed by atoms with Crippen LogP contribution in [0, 0.1) is 0 Å². The van der Waals surface area contributed by atoms with Crippen molar-refractivity contribution in [2.75, 3.05) is 13.7 Å². The fraction of sp³-hybridized carbons (Fsp3) is 0.263. The Morgan fingerprint density at radius 3 is 2.68 bits per heavy atom. The Morgan fingerprint density at radius 2 is 1.91 bits per heavy atom. The number of methoxy groups -OCH3 is 1. The lowest BCUT2D eigenvalue weighted by atomic mass is 9.92. The molecule has 0 bridgehead atoms. The molecule has 0 spiro atoms. The Labute approximate surface area is 130 Å². The molecule has 1 N–H and O–H groups in total. The topological polar surface area (TPSA) is 38.7 Å². The second kappa shape index (κ2) is 6.34. The van der Waals surface area contributed by atoms with Crippen molar-refractivity contribution >= 4 is 6.08 Å². The van der Waals surface area contributed by atoms with E-state index in [4.69, 9.17) is 9.47 Å². The van der Waals surface area contributed by atoms with Gasteiger partial charge in [0.2, 0.25) is 0 Å². The van der Waals surface area contributed by atoms with Crippen molar-refractivity contribution in [3.05, 3.63) is 71.3 Å². The minimum absolute atomic E-state index is 0.492. The fourth-order valence-corrected chi connectivity index (χ4v) is 2.71. The number of aliphatic hydroxyl groups is 1. The molecule has 0 radical (unpaired) electrons. The van der Waals surface area contributed by atoms with Gasteiger partial charge in [-0.3, -0.25) is 0 Å². The molecule has 22 heavy (non-hydrogen) atoms. The normalized spacial score (nSPS) is 19.2. The van der Waals surface area contributed by atoms with E-state index in [1.54, 1.807) is 7.11 Å². The molecule has 0 aromatic heterocycles. The molecule has 1 aliphatic carbocycles. The van der Waals surface area contributed by atoms with E-state index in [9.17, 15) is 5.11 Å². The third-order valence-corrected chi connectivity index (χ3v) is 4.00. The first-order valence-electron chi connectivity index (χ1n) is 7.43. The van der Waals surface area contributed by atoms with E-state index in [1.807, 2.05) is 60.7 Å². The van der Waals surface area contributed by atoms with Crippen LogP contribution in [0.1, 0.15) is 23.1 Å². The Balaban J connectivity index is 1.60. The average Bonchev–Trinajstić information content (AvgIpc) is 2.89. The molecule has 3 heteroatoms. The first-order chi connectivity index (χ1) is 10.7. The van der Waals surface area contributed by atoms with Gasteiger partial charge in [0.15, 0.2) is 0 Å². The van der Waals surface area contributed by atoms with Crippen molar-refractivity contribution in [1.82, 2.24) is 0 Å². The predicted molar refractivity (Wildman–Crippen MR) is 86.6 cm³/mol. The maximum absolute atomic E-state index is 10.8. The molecule has 1 unspecified atom stereocenters. The van der Waals surface area contributed by atoms with Crippen LogP contribution in [0.3, 0.4) is 0 Å². The summed E-state index contributed by atoms with van der Waals surface area (Å²) in [6.07, 6.45) is 4.31. The molecule has 0 heterocycles. The Hall–Kier alpha value is -2.10.